The van der Waals surface area contributed by atoms with E-state index < -0.39 is 0 Å². The van der Waals surface area contributed by atoms with Gasteiger partial charge in [0, 0.05) is 18.2 Å². The number of rotatable bonds is 5. The first-order valence-electron chi connectivity index (χ1n) is 8.75. The van der Waals surface area contributed by atoms with Gasteiger partial charge in [0.2, 0.25) is 0 Å². The van der Waals surface area contributed by atoms with E-state index in [9.17, 15) is 4.79 Å². The van der Waals surface area contributed by atoms with Gasteiger partial charge >= 0.3 is 6.03 Å². The van der Waals surface area contributed by atoms with Crippen molar-refractivity contribution in [3.63, 3.8) is 0 Å². The van der Waals surface area contributed by atoms with E-state index in [1.165, 1.54) is 12.8 Å². The molecule has 1 unspecified atom stereocenters. The number of carbonyl (C=O) groups is 1. The Hall–Kier alpha value is -2.30. The molecule has 4 rings (SSSR count). The Balaban J connectivity index is 1.44. The average Bonchev–Trinajstić information content (AvgIpc) is 3.53. The zero-order valence-corrected chi connectivity index (χ0v) is 14.2. The van der Waals surface area contributed by atoms with Gasteiger partial charge in [0.25, 0.3) is 0 Å². The van der Waals surface area contributed by atoms with Crippen LogP contribution in [0, 0.1) is 5.92 Å². The van der Waals surface area contributed by atoms with Crippen molar-refractivity contribution in [1.29, 1.82) is 0 Å². The second-order valence-electron chi connectivity index (χ2n) is 7.22. The Morgan fingerprint density at radius 3 is 2.67 bits per heavy atom. The summed E-state index contributed by atoms with van der Waals surface area (Å²) in [6, 6.07) is 12.1. The Kier molecular flexibility index (Phi) is 3.59. The lowest BCUT2D eigenvalue weighted by molar-refractivity contribution is 0.186. The fourth-order valence-corrected chi connectivity index (χ4v) is 3.40. The summed E-state index contributed by atoms with van der Waals surface area (Å²) in [5.41, 5.74) is 3.03. The number of carbonyl (C=O) groups excluding carboxylic acids is 1. The third-order valence-corrected chi connectivity index (χ3v) is 5.52. The predicted octanol–water partition coefficient (Wildman–Crippen LogP) is 3.72. The van der Waals surface area contributed by atoms with Crippen molar-refractivity contribution in [3.05, 3.63) is 42.1 Å². The summed E-state index contributed by atoms with van der Waals surface area (Å²) >= 11 is 0. The van der Waals surface area contributed by atoms with Gasteiger partial charge in [-0.3, -0.25) is 5.10 Å². The molecule has 1 atom stereocenters. The number of nitrogens with one attached hydrogen (secondary N) is 2. The smallest absolute Gasteiger partial charge is 0.318 e. The van der Waals surface area contributed by atoms with Crippen molar-refractivity contribution in [2.75, 3.05) is 7.05 Å². The maximum atomic E-state index is 12.6. The highest BCUT2D eigenvalue weighted by Crippen LogP contribution is 2.53. The molecule has 1 aromatic heterocycles. The Labute approximate surface area is 142 Å². The maximum absolute atomic E-state index is 12.6. The number of urea groups is 1. The highest BCUT2D eigenvalue weighted by atomic mass is 16.2. The van der Waals surface area contributed by atoms with Gasteiger partial charge in [-0.2, -0.15) is 5.10 Å². The van der Waals surface area contributed by atoms with Crippen molar-refractivity contribution in [2.45, 2.75) is 44.2 Å². The second-order valence-corrected chi connectivity index (χ2v) is 7.22. The fraction of sp³-hybridized carbons (Fsp3) is 0.474. The number of hydrogen-bond donors (Lipinski definition) is 2. The normalized spacial score (nSPS) is 19.6. The molecule has 0 saturated heterocycles. The molecule has 2 saturated carbocycles. The molecule has 0 aliphatic heterocycles. The summed E-state index contributed by atoms with van der Waals surface area (Å²) < 4.78 is 0. The lowest BCUT2D eigenvalue weighted by Crippen LogP contribution is -2.46. The standard InChI is InChI=1S/C19H24N4O/c1-13(16-12-17(22-21-16)14-6-4-3-5-7-14)23(2)18(24)20-19(10-11-19)15-8-9-15/h3-7,12-13,15H,8-11H2,1-2H3,(H,20,24)(H,21,22). The third-order valence-electron chi connectivity index (χ3n) is 5.52. The van der Waals surface area contributed by atoms with Crippen LogP contribution in [0.2, 0.25) is 0 Å². The van der Waals surface area contributed by atoms with Crippen molar-refractivity contribution in [3.8, 4) is 11.3 Å². The van der Waals surface area contributed by atoms with Crippen LogP contribution in [-0.2, 0) is 0 Å². The van der Waals surface area contributed by atoms with E-state index in [0.29, 0.717) is 5.92 Å². The summed E-state index contributed by atoms with van der Waals surface area (Å²) in [5, 5.41) is 10.7. The van der Waals surface area contributed by atoms with Gasteiger partial charge < -0.3 is 10.2 Å². The van der Waals surface area contributed by atoms with Gasteiger partial charge in [0.15, 0.2) is 0 Å². The average molecular weight is 324 g/mol. The molecular formula is C19H24N4O. The first-order valence-corrected chi connectivity index (χ1v) is 8.75. The van der Waals surface area contributed by atoms with Crippen molar-refractivity contribution >= 4 is 6.03 Å². The van der Waals surface area contributed by atoms with Gasteiger partial charge in [-0.25, -0.2) is 4.79 Å². The minimum atomic E-state index is -0.0510. The van der Waals surface area contributed by atoms with Crippen LogP contribution in [-0.4, -0.2) is 33.7 Å². The molecule has 1 aromatic carbocycles. The summed E-state index contributed by atoms with van der Waals surface area (Å²) in [5.74, 6) is 0.710. The number of amides is 2. The fourth-order valence-electron chi connectivity index (χ4n) is 3.40. The van der Waals surface area contributed by atoms with Gasteiger partial charge in [0.1, 0.15) is 0 Å². The van der Waals surface area contributed by atoms with Crippen molar-refractivity contribution in [1.82, 2.24) is 20.4 Å². The molecular weight excluding hydrogens is 300 g/mol. The Morgan fingerprint density at radius 1 is 1.33 bits per heavy atom. The van der Waals surface area contributed by atoms with E-state index in [0.717, 1.165) is 29.8 Å². The van der Waals surface area contributed by atoms with Crippen LogP contribution in [0.3, 0.4) is 0 Å². The van der Waals surface area contributed by atoms with E-state index in [-0.39, 0.29) is 17.6 Å². The minimum Gasteiger partial charge on any atom is -0.332 e. The Bertz CT molecular complexity index is 731. The summed E-state index contributed by atoms with van der Waals surface area (Å²) in [6.07, 6.45) is 4.79. The maximum Gasteiger partial charge on any atom is 0.318 e. The van der Waals surface area contributed by atoms with Crippen LogP contribution < -0.4 is 5.32 Å². The molecule has 5 heteroatoms. The van der Waals surface area contributed by atoms with E-state index in [1.807, 2.05) is 50.4 Å². The molecule has 24 heavy (non-hydrogen) atoms. The number of hydrogen-bond acceptors (Lipinski definition) is 2. The van der Waals surface area contributed by atoms with E-state index in [1.54, 1.807) is 4.90 Å². The van der Waals surface area contributed by atoms with Gasteiger partial charge in [-0.15, -0.1) is 0 Å². The van der Waals surface area contributed by atoms with Gasteiger partial charge in [0.05, 0.1) is 17.4 Å². The largest absolute Gasteiger partial charge is 0.332 e. The number of nitrogens with zero attached hydrogens (tertiary/aromatic N) is 2. The number of aromatic nitrogens is 2. The van der Waals surface area contributed by atoms with Gasteiger partial charge in [-0.1, -0.05) is 30.3 Å². The number of H-pyrrole nitrogens is 1. The van der Waals surface area contributed by atoms with Crippen molar-refractivity contribution < 1.29 is 4.79 Å². The molecule has 2 aliphatic rings. The molecule has 2 aliphatic carbocycles. The summed E-state index contributed by atoms with van der Waals surface area (Å²) in [6.45, 7) is 2.03. The Morgan fingerprint density at radius 2 is 2.04 bits per heavy atom. The first kappa shape index (κ1) is 15.2. The van der Waals surface area contributed by atoms with Crippen LogP contribution in [0.4, 0.5) is 4.79 Å². The SMILES string of the molecule is CC(c1cc(-c2ccccc2)n[nH]1)N(C)C(=O)NC1(C2CC2)CC1. The molecule has 0 spiro atoms. The van der Waals surface area contributed by atoms with Crippen LogP contribution in [0.1, 0.15) is 44.3 Å². The molecule has 2 N–H and O–H groups in total. The zero-order chi connectivity index (χ0) is 16.7. The molecule has 1 heterocycles. The molecule has 0 bridgehead atoms. The molecule has 2 amide bonds. The highest BCUT2D eigenvalue weighted by molar-refractivity contribution is 5.76. The van der Waals surface area contributed by atoms with Crippen LogP contribution in [0.5, 0.6) is 0 Å². The second kappa shape index (κ2) is 5.65. The topological polar surface area (TPSA) is 61.0 Å². The monoisotopic (exact) mass is 324 g/mol. The third kappa shape index (κ3) is 2.79. The first-order chi connectivity index (χ1) is 11.6. The lowest BCUT2D eigenvalue weighted by atomic mass is 10.1. The predicted molar refractivity (Wildman–Crippen MR) is 93.4 cm³/mol. The molecule has 0 radical (unpaired) electrons. The van der Waals surface area contributed by atoms with Crippen LogP contribution in [0.15, 0.2) is 36.4 Å². The van der Waals surface area contributed by atoms with Crippen molar-refractivity contribution in [2.24, 2.45) is 5.92 Å². The van der Waals surface area contributed by atoms with E-state index >= 15 is 0 Å². The molecule has 2 fully saturated rings. The molecule has 2 aromatic rings. The van der Waals surface area contributed by atoms with Crippen LogP contribution >= 0.6 is 0 Å². The zero-order valence-electron chi connectivity index (χ0n) is 14.2. The summed E-state index contributed by atoms with van der Waals surface area (Å²) in [7, 11) is 1.85. The molecule has 126 valence electrons. The lowest BCUT2D eigenvalue weighted by Gasteiger charge is -2.27. The van der Waals surface area contributed by atoms with Gasteiger partial charge in [-0.05, 0) is 44.6 Å². The number of aromatic amines is 1. The van der Waals surface area contributed by atoms with Crippen LogP contribution in [0.25, 0.3) is 11.3 Å². The van der Waals surface area contributed by atoms with E-state index in [2.05, 4.69) is 15.5 Å². The van der Waals surface area contributed by atoms with E-state index in [4.69, 9.17) is 0 Å². The minimum absolute atomic E-state index is 0.0164. The molecule has 5 nitrogen and oxygen atoms in total. The highest BCUT2D eigenvalue weighted by Gasteiger charge is 2.55. The summed E-state index contributed by atoms with van der Waals surface area (Å²) in [4.78, 5) is 14.4. The quantitative estimate of drug-likeness (QED) is 0.880. The number of benzene rings is 1.